The average Bonchev–Trinajstić information content (AvgIpc) is 2.25. The van der Waals surface area contributed by atoms with E-state index < -0.39 is 0 Å². The minimum absolute atomic E-state index is 0.592. The van der Waals surface area contributed by atoms with Crippen molar-refractivity contribution in [2.75, 3.05) is 28.3 Å². The van der Waals surface area contributed by atoms with Crippen LogP contribution < -0.4 is 16.8 Å². The second-order valence-electron chi connectivity index (χ2n) is 3.87. The van der Waals surface area contributed by atoms with Crippen molar-refractivity contribution in [1.29, 1.82) is 0 Å². The molecule has 1 heterocycles. The quantitative estimate of drug-likeness (QED) is 0.672. The normalized spacial score (nSPS) is 17.6. The molecule has 5 N–H and O–H groups in total. The van der Waals surface area contributed by atoms with Gasteiger partial charge in [-0.2, -0.15) is 11.8 Å². The highest BCUT2D eigenvalue weighted by atomic mass is 32.2. The fraction of sp³-hybridized carbons (Fsp3) is 0.455. The van der Waals surface area contributed by atoms with E-state index in [1.54, 1.807) is 0 Å². The van der Waals surface area contributed by atoms with Gasteiger partial charge in [0.05, 0.1) is 11.4 Å². The Balaban J connectivity index is 2.00. The zero-order valence-corrected chi connectivity index (χ0v) is 9.52. The molecule has 1 aromatic carbocycles. The zero-order chi connectivity index (χ0) is 10.7. The van der Waals surface area contributed by atoms with Crippen LogP contribution in [0.4, 0.5) is 17.1 Å². The molecular formula is C11H17N3S. The molecule has 1 saturated heterocycles. The number of rotatable bonds is 2. The van der Waals surface area contributed by atoms with Crippen LogP contribution in [0.1, 0.15) is 12.8 Å². The SMILES string of the molecule is Nc1ccc(NC2CCSCC2)cc1N. The van der Waals surface area contributed by atoms with Crippen LogP contribution in [0.5, 0.6) is 0 Å². The summed E-state index contributed by atoms with van der Waals surface area (Å²) >= 11 is 2.03. The molecule has 1 aromatic rings. The summed E-state index contributed by atoms with van der Waals surface area (Å²) in [6.07, 6.45) is 2.46. The van der Waals surface area contributed by atoms with Crippen molar-refractivity contribution in [2.24, 2.45) is 0 Å². The number of hydrogen-bond donors (Lipinski definition) is 3. The number of hydrogen-bond acceptors (Lipinski definition) is 4. The predicted octanol–water partition coefficient (Wildman–Crippen LogP) is 2.16. The van der Waals surface area contributed by atoms with E-state index >= 15 is 0 Å². The van der Waals surface area contributed by atoms with Gasteiger partial charge in [0.25, 0.3) is 0 Å². The van der Waals surface area contributed by atoms with E-state index in [1.165, 1.54) is 24.3 Å². The summed E-state index contributed by atoms with van der Waals surface area (Å²) in [7, 11) is 0. The molecule has 0 spiro atoms. The fourth-order valence-electron chi connectivity index (χ4n) is 1.74. The van der Waals surface area contributed by atoms with E-state index in [9.17, 15) is 0 Å². The van der Waals surface area contributed by atoms with Crippen molar-refractivity contribution in [2.45, 2.75) is 18.9 Å². The van der Waals surface area contributed by atoms with Crippen molar-refractivity contribution in [3.05, 3.63) is 18.2 Å². The summed E-state index contributed by atoms with van der Waals surface area (Å²) in [4.78, 5) is 0. The summed E-state index contributed by atoms with van der Waals surface area (Å²) in [6, 6.07) is 6.36. The number of nitrogen functional groups attached to an aromatic ring is 2. The highest BCUT2D eigenvalue weighted by molar-refractivity contribution is 7.99. The first-order valence-electron chi connectivity index (χ1n) is 5.25. The number of nitrogens with two attached hydrogens (primary N) is 2. The third-order valence-electron chi connectivity index (χ3n) is 2.68. The number of nitrogens with one attached hydrogen (secondary N) is 1. The van der Waals surface area contributed by atoms with Crippen LogP contribution in [0.15, 0.2) is 18.2 Å². The topological polar surface area (TPSA) is 64.1 Å². The van der Waals surface area contributed by atoms with E-state index in [1.807, 2.05) is 30.0 Å². The van der Waals surface area contributed by atoms with Gasteiger partial charge >= 0.3 is 0 Å². The maximum absolute atomic E-state index is 5.76. The minimum Gasteiger partial charge on any atom is -0.397 e. The Kier molecular flexibility index (Phi) is 3.26. The van der Waals surface area contributed by atoms with E-state index in [4.69, 9.17) is 11.5 Å². The van der Waals surface area contributed by atoms with Gasteiger partial charge in [-0.25, -0.2) is 0 Å². The number of benzene rings is 1. The molecule has 2 rings (SSSR count). The Morgan fingerprint density at radius 1 is 1.13 bits per heavy atom. The molecule has 1 fully saturated rings. The van der Waals surface area contributed by atoms with E-state index in [-0.39, 0.29) is 0 Å². The van der Waals surface area contributed by atoms with Crippen LogP contribution in [0.25, 0.3) is 0 Å². The molecule has 1 aliphatic heterocycles. The molecule has 0 unspecified atom stereocenters. The van der Waals surface area contributed by atoms with Gasteiger partial charge in [0.1, 0.15) is 0 Å². The third kappa shape index (κ3) is 2.72. The van der Waals surface area contributed by atoms with Crippen molar-refractivity contribution in [3.8, 4) is 0 Å². The van der Waals surface area contributed by atoms with Crippen LogP contribution in [-0.4, -0.2) is 17.5 Å². The number of anilines is 3. The van der Waals surface area contributed by atoms with Gasteiger partial charge in [-0.1, -0.05) is 0 Å². The standard InChI is InChI=1S/C11H17N3S/c12-10-2-1-9(7-11(10)13)14-8-3-5-15-6-4-8/h1-2,7-8,14H,3-6,12-13H2. The van der Waals surface area contributed by atoms with Gasteiger partial charge in [-0.15, -0.1) is 0 Å². The van der Waals surface area contributed by atoms with Crippen LogP contribution in [0, 0.1) is 0 Å². The lowest BCUT2D eigenvalue weighted by Crippen LogP contribution is -2.24. The van der Waals surface area contributed by atoms with E-state index in [2.05, 4.69) is 5.32 Å². The molecule has 3 nitrogen and oxygen atoms in total. The third-order valence-corrected chi connectivity index (χ3v) is 3.73. The lowest BCUT2D eigenvalue weighted by atomic mass is 10.1. The smallest absolute Gasteiger partial charge is 0.0568 e. The molecule has 15 heavy (non-hydrogen) atoms. The molecule has 1 aliphatic rings. The summed E-state index contributed by atoms with van der Waals surface area (Å²) < 4.78 is 0. The second-order valence-corrected chi connectivity index (χ2v) is 5.10. The van der Waals surface area contributed by atoms with Gasteiger partial charge < -0.3 is 16.8 Å². The van der Waals surface area contributed by atoms with Crippen molar-refractivity contribution in [3.63, 3.8) is 0 Å². The molecule has 0 saturated carbocycles. The van der Waals surface area contributed by atoms with Crippen molar-refractivity contribution >= 4 is 28.8 Å². The molecule has 4 heteroatoms. The molecule has 0 bridgehead atoms. The lowest BCUT2D eigenvalue weighted by Gasteiger charge is -2.23. The molecule has 0 amide bonds. The van der Waals surface area contributed by atoms with Crippen molar-refractivity contribution < 1.29 is 0 Å². The molecular weight excluding hydrogens is 206 g/mol. The molecule has 82 valence electrons. The first-order chi connectivity index (χ1) is 7.25. The highest BCUT2D eigenvalue weighted by Crippen LogP contribution is 2.24. The van der Waals surface area contributed by atoms with Gasteiger partial charge in [-0.3, -0.25) is 0 Å². The molecule has 0 atom stereocenters. The van der Waals surface area contributed by atoms with E-state index in [0.717, 1.165) is 5.69 Å². The Morgan fingerprint density at radius 2 is 1.87 bits per heavy atom. The summed E-state index contributed by atoms with van der Waals surface area (Å²) in [5.41, 5.74) is 13.8. The zero-order valence-electron chi connectivity index (χ0n) is 8.70. The van der Waals surface area contributed by atoms with Gasteiger partial charge in [-0.05, 0) is 42.5 Å². The summed E-state index contributed by atoms with van der Waals surface area (Å²) in [5, 5.41) is 3.50. The predicted molar refractivity (Wildman–Crippen MR) is 69.2 cm³/mol. The maximum Gasteiger partial charge on any atom is 0.0568 e. The first kappa shape index (κ1) is 10.5. The van der Waals surface area contributed by atoms with Crippen LogP contribution in [0.2, 0.25) is 0 Å². The Labute approximate surface area is 94.6 Å². The van der Waals surface area contributed by atoms with Crippen molar-refractivity contribution in [1.82, 2.24) is 0 Å². The largest absolute Gasteiger partial charge is 0.397 e. The van der Waals surface area contributed by atoms with Gasteiger partial charge in [0.15, 0.2) is 0 Å². The first-order valence-corrected chi connectivity index (χ1v) is 6.40. The van der Waals surface area contributed by atoms with Gasteiger partial charge in [0.2, 0.25) is 0 Å². The Hall–Kier alpha value is -1.03. The molecule has 0 aromatic heterocycles. The summed E-state index contributed by atoms with van der Waals surface area (Å²) in [5.74, 6) is 2.50. The van der Waals surface area contributed by atoms with Crippen LogP contribution in [0.3, 0.4) is 0 Å². The Morgan fingerprint density at radius 3 is 2.53 bits per heavy atom. The van der Waals surface area contributed by atoms with Crippen LogP contribution in [-0.2, 0) is 0 Å². The monoisotopic (exact) mass is 223 g/mol. The van der Waals surface area contributed by atoms with Crippen LogP contribution >= 0.6 is 11.8 Å². The molecule has 0 aliphatic carbocycles. The lowest BCUT2D eigenvalue weighted by molar-refractivity contribution is 0.667. The molecule has 0 radical (unpaired) electrons. The van der Waals surface area contributed by atoms with E-state index in [0.29, 0.717) is 17.4 Å². The average molecular weight is 223 g/mol. The maximum atomic E-state index is 5.76. The summed E-state index contributed by atoms with van der Waals surface area (Å²) in [6.45, 7) is 0. The van der Waals surface area contributed by atoms with Gasteiger partial charge in [0, 0.05) is 11.7 Å². The second kappa shape index (κ2) is 4.66. The fourth-order valence-corrected chi connectivity index (χ4v) is 2.85. The minimum atomic E-state index is 0.592. The highest BCUT2D eigenvalue weighted by Gasteiger charge is 2.13. The number of thioether (sulfide) groups is 1. The Bertz CT molecular complexity index is 335.